The minimum atomic E-state index is -0.500. The molecule has 0 amide bonds. The van der Waals surface area contributed by atoms with Crippen LogP contribution in [0, 0.1) is 17.7 Å². The van der Waals surface area contributed by atoms with Crippen molar-refractivity contribution in [2.45, 2.75) is 31.6 Å². The molecule has 2 aliphatic rings. The second kappa shape index (κ2) is 7.51. The molecule has 0 bridgehead atoms. The van der Waals surface area contributed by atoms with Gasteiger partial charge in [0.25, 0.3) is 0 Å². The topological polar surface area (TPSA) is 45.6 Å². The van der Waals surface area contributed by atoms with E-state index in [0.717, 1.165) is 38.2 Å². The van der Waals surface area contributed by atoms with E-state index < -0.39 is 6.10 Å². The number of fused-ring (bicyclic) bond motifs is 1. The predicted octanol–water partition coefficient (Wildman–Crippen LogP) is 3.52. The molecule has 2 heterocycles. The van der Waals surface area contributed by atoms with Crippen molar-refractivity contribution >= 4 is 11.6 Å². The van der Waals surface area contributed by atoms with Crippen LogP contribution in [-0.4, -0.2) is 40.3 Å². The molecule has 1 saturated carbocycles. The van der Waals surface area contributed by atoms with E-state index in [9.17, 15) is 9.50 Å². The van der Waals surface area contributed by atoms with Crippen LogP contribution in [0.4, 0.5) is 4.39 Å². The number of aliphatic hydroxyl groups excluding tert-OH is 1. The minimum absolute atomic E-state index is 0.250. The van der Waals surface area contributed by atoms with Gasteiger partial charge in [0.2, 0.25) is 0 Å². The SMILES string of the molecule is O[C@@H]1C[C@H]2CN(Cc3ncccc3Cl)C[C@H]2C[C@H]1Oc1ccc(F)cc1. The van der Waals surface area contributed by atoms with Gasteiger partial charge in [0.1, 0.15) is 17.7 Å². The lowest BCUT2D eigenvalue weighted by Crippen LogP contribution is -2.42. The molecular weight excluding hydrogens is 355 g/mol. The molecule has 138 valence electrons. The van der Waals surface area contributed by atoms with Gasteiger partial charge in [-0.15, -0.1) is 0 Å². The van der Waals surface area contributed by atoms with Crippen LogP contribution in [0.3, 0.4) is 0 Å². The molecule has 1 aliphatic carbocycles. The van der Waals surface area contributed by atoms with Gasteiger partial charge in [-0.3, -0.25) is 9.88 Å². The highest BCUT2D eigenvalue weighted by molar-refractivity contribution is 6.31. The second-order valence-electron chi connectivity index (χ2n) is 7.30. The van der Waals surface area contributed by atoms with Gasteiger partial charge in [-0.1, -0.05) is 11.6 Å². The normalized spacial score (nSPS) is 28.7. The Kier molecular flexibility index (Phi) is 5.11. The zero-order chi connectivity index (χ0) is 18.1. The monoisotopic (exact) mass is 376 g/mol. The van der Waals surface area contributed by atoms with E-state index in [1.807, 2.05) is 12.1 Å². The first-order valence-electron chi connectivity index (χ1n) is 9.00. The fourth-order valence-electron chi connectivity index (χ4n) is 4.18. The third kappa shape index (κ3) is 3.85. The molecule has 0 unspecified atom stereocenters. The van der Waals surface area contributed by atoms with Crippen molar-refractivity contribution in [1.29, 1.82) is 0 Å². The number of nitrogens with zero attached hydrogens (tertiary/aromatic N) is 2. The summed E-state index contributed by atoms with van der Waals surface area (Å²) in [4.78, 5) is 6.73. The van der Waals surface area contributed by atoms with E-state index in [2.05, 4.69) is 9.88 Å². The van der Waals surface area contributed by atoms with Crippen molar-refractivity contribution in [3.63, 3.8) is 0 Å². The number of ether oxygens (including phenoxy) is 1. The molecule has 26 heavy (non-hydrogen) atoms. The highest BCUT2D eigenvalue weighted by Crippen LogP contribution is 2.38. The third-order valence-corrected chi connectivity index (χ3v) is 5.81. The van der Waals surface area contributed by atoms with Crippen LogP contribution < -0.4 is 4.74 Å². The number of benzene rings is 1. The molecule has 1 aromatic carbocycles. The van der Waals surface area contributed by atoms with Crippen LogP contribution in [-0.2, 0) is 6.54 Å². The van der Waals surface area contributed by atoms with Crippen molar-refractivity contribution in [3.8, 4) is 5.75 Å². The summed E-state index contributed by atoms with van der Waals surface area (Å²) in [5.74, 6) is 1.25. The summed E-state index contributed by atoms with van der Waals surface area (Å²) >= 11 is 6.23. The molecular formula is C20H22ClFN2O2. The quantitative estimate of drug-likeness (QED) is 0.886. The summed E-state index contributed by atoms with van der Waals surface area (Å²) in [6.45, 7) is 2.62. The van der Waals surface area contributed by atoms with Gasteiger partial charge in [-0.2, -0.15) is 0 Å². The molecule has 4 rings (SSSR count). The largest absolute Gasteiger partial charge is 0.488 e. The Hall–Kier alpha value is -1.69. The van der Waals surface area contributed by atoms with Crippen molar-refractivity contribution in [1.82, 2.24) is 9.88 Å². The summed E-state index contributed by atoms with van der Waals surface area (Å²) in [6, 6.07) is 9.67. The Balaban J connectivity index is 1.38. The molecule has 6 heteroatoms. The number of likely N-dealkylation sites (tertiary alicyclic amines) is 1. The summed E-state index contributed by atoms with van der Waals surface area (Å²) in [5, 5.41) is 11.2. The minimum Gasteiger partial charge on any atom is -0.488 e. The summed E-state index contributed by atoms with van der Waals surface area (Å²) in [6.07, 6.45) is 2.54. The van der Waals surface area contributed by atoms with Gasteiger partial charge in [0, 0.05) is 25.8 Å². The second-order valence-corrected chi connectivity index (χ2v) is 7.70. The Labute approximate surface area is 157 Å². The fourth-order valence-corrected chi connectivity index (χ4v) is 4.36. The Bertz CT molecular complexity index is 758. The van der Waals surface area contributed by atoms with Crippen LogP contribution in [0.5, 0.6) is 5.75 Å². The number of rotatable bonds is 4. The van der Waals surface area contributed by atoms with E-state index in [0.29, 0.717) is 22.6 Å². The van der Waals surface area contributed by atoms with Crippen LogP contribution in [0.15, 0.2) is 42.6 Å². The van der Waals surface area contributed by atoms with Gasteiger partial charge in [0.15, 0.2) is 0 Å². The zero-order valence-corrected chi connectivity index (χ0v) is 15.1. The van der Waals surface area contributed by atoms with E-state index in [4.69, 9.17) is 16.3 Å². The van der Waals surface area contributed by atoms with Crippen molar-refractivity contribution in [2.24, 2.45) is 11.8 Å². The van der Waals surface area contributed by atoms with Gasteiger partial charge in [-0.05, 0) is 61.1 Å². The van der Waals surface area contributed by atoms with E-state index in [-0.39, 0.29) is 11.9 Å². The molecule has 1 aromatic heterocycles. The van der Waals surface area contributed by atoms with Gasteiger partial charge < -0.3 is 9.84 Å². The van der Waals surface area contributed by atoms with Crippen molar-refractivity contribution < 1.29 is 14.2 Å². The highest BCUT2D eigenvalue weighted by atomic mass is 35.5. The Morgan fingerprint density at radius 3 is 2.62 bits per heavy atom. The predicted molar refractivity (Wildman–Crippen MR) is 97.6 cm³/mol. The Morgan fingerprint density at radius 1 is 1.15 bits per heavy atom. The van der Waals surface area contributed by atoms with Crippen molar-refractivity contribution in [2.75, 3.05) is 13.1 Å². The number of halogens is 2. The molecule has 1 N–H and O–H groups in total. The standard InChI is InChI=1S/C20H22ClFN2O2/c21-17-2-1-7-23-18(17)12-24-10-13-8-19(25)20(9-14(13)11-24)26-16-5-3-15(22)4-6-16/h1-7,13-14,19-20,25H,8-12H2/t13-,14+,19+,20+/m0/s1. The first-order chi connectivity index (χ1) is 12.6. The number of hydrogen-bond acceptors (Lipinski definition) is 4. The molecule has 0 radical (unpaired) electrons. The lowest BCUT2D eigenvalue weighted by Gasteiger charge is -2.35. The number of hydrogen-bond donors (Lipinski definition) is 1. The van der Waals surface area contributed by atoms with Gasteiger partial charge in [0.05, 0.1) is 16.8 Å². The Morgan fingerprint density at radius 2 is 1.88 bits per heavy atom. The summed E-state index contributed by atoms with van der Waals surface area (Å²) < 4.78 is 19.0. The summed E-state index contributed by atoms with van der Waals surface area (Å²) in [5.41, 5.74) is 0.896. The van der Waals surface area contributed by atoms with Crippen LogP contribution in [0.1, 0.15) is 18.5 Å². The summed E-state index contributed by atoms with van der Waals surface area (Å²) in [7, 11) is 0. The van der Waals surface area contributed by atoms with E-state index in [1.54, 1.807) is 18.3 Å². The highest BCUT2D eigenvalue weighted by Gasteiger charge is 2.42. The maximum absolute atomic E-state index is 13.0. The number of aromatic nitrogens is 1. The van der Waals surface area contributed by atoms with Crippen LogP contribution in [0.2, 0.25) is 5.02 Å². The van der Waals surface area contributed by atoms with Gasteiger partial charge >= 0.3 is 0 Å². The third-order valence-electron chi connectivity index (χ3n) is 5.47. The van der Waals surface area contributed by atoms with Gasteiger partial charge in [-0.25, -0.2) is 4.39 Å². The first-order valence-corrected chi connectivity index (χ1v) is 9.38. The fraction of sp³-hybridized carbons (Fsp3) is 0.450. The number of pyridine rings is 1. The van der Waals surface area contributed by atoms with Crippen molar-refractivity contribution in [3.05, 3.63) is 59.1 Å². The molecule has 2 fully saturated rings. The molecule has 1 aliphatic heterocycles. The molecule has 0 spiro atoms. The maximum Gasteiger partial charge on any atom is 0.125 e. The average Bonchev–Trinajstić information content (AvgIpc) is 3.00. The first kappa shape index (κ1) is 17.7. The van der Waals surface area contributed by atoms with Crippen LogP contribution in [0.25, 0.3) is 0 Å². The molecule has 4 atom stereocenters. The maximum atomic E-state index is 13.0. The van der Waals surface area contributed by atoms with Crippen LogP contribution >= 0.6 is 11.6 Å². The number of aliphatic hydroxyl groups is 1. The van der Waals surface area contributed by atoms with E-state index in [1.165, 1.54) is 12.1 Å². The smallest absolute Gasteiger partial charge is 0.125 e. The lowest BCUT2D eigenvalue weighted by atomic mass is 9.78. The lowest BCUT2D eigenvalue weighted by molar-refractivity contribution is -0.0231. The zero-order valence-electron chi connectivity index (χ0n) is 14.4. The molecule has 2 aromatic rings. The molecule has 1 saturated heterocycles. The van der Waals surface area contributed by atoms with E-state index >= 15 is 0 Å². The average molecular weight is 377 g/mol. The molecule has 4 nitrogen and oxygen atoms in total.